The fourth-order valence-corrected chi connectivity index (χ4v) is 3.88. The molecule has 0 bridgehead atoms. The van der Waals surface area contributed by atoms with E-state index in [-0.39, 0.29) is 18.3 Å². The van der Waals surface area contributed by atoms with Gasteiger partial charge < -0.3 is 9.64 Å². The Kier molecular flexibility index (Phi) is 5.94. The monoisotopic (exact) mass is 399 g/mol. The molecule has 1 saturated heterocycles. The number of anilines is 1. The van der Waals surface area contributed by atoms with Crippen LogP contribution < -0.4 is 9.64 Å². The molecule has 0 radical (unpaired) electrons. The highest BCUT2D eigenvalue weighted by atomic mass is 16.5. The second-order valence-corrected chi connectivity index (χ2v) is 7.62. The smallest absolute Gasteiger partial charge is 0.316 e. The molecule has 0 N–H and O–H groups in total. The lowest BCUT2D eigenvalue weighted by atomic mass is 10.1. The molecule has 1 amide bonds. The average Bonchev–Trinajstić information content (AvgIpc) is 3.17. The summed E-state index contributed by atoms with van der Waals surface area (Å²) in [7, 11) is 0. The molecule has 0 spiro atoms. The maximum atomic E-state index is 12.7. The lowest BCUT2D eigenvalue weighted by Crippen LogP contribution is -2.28. The Morgan fingerprint density at radius 2 is 1.60 bits per heavy atom. The molecule has 1 atom stereocenters. The minimum absolute atomic E-state index is 0.0314. The van der Waals surface area contributed by atoms with Crippen molar-refractivity contribution in [3.63, 3.8) is 0 Å². The fourth-order valence-electron chi connectivity index (χ4n) is 3.88. The summed E-state index contributed by atoms with van der Waals surface area (Å²) in [5, 5.41) is 0. The quantitative estimate of drug-likeness (QED) is 0.442. The first kappa shape index (κ1) is 19.9. The van der Waals surface area contributed by atoms with E-state index in [2.05, 4.69) is 19.1 Å². The topological polar surface area (TPSA) is 46.6 Å². The molecule has 0 aromatic heterocycles. The Labute approximate surface area is 177 Å². The number of benzene rings is 3. The van der Waals surface area contributed by atoms with Crippen LogP contribution in [0.4, 0.5) is 5.69 Å². The van der Waals surface area contributed by atoms with Gasteiger partial charge in [0.2, 0.25) is 5.91 Å². The van der Waals surface area contributed by atoms with E-state index >= 15 is 0 Å². The Bertz CT molecular complexity index is 1030. The third kappa shape index (κ3) is 4.43. The zero-order valence-corrected chi connectivity index (χ0v) is 17.1. The van der Waals surface area contributed by atoms with Gasteiger partial charge in [-0.3, -0.25) is 9.59 Å². The van der Waals surface area contributed by atoms with Crippen molar-refractivity contribution in [1.29, 1.82) is 0 Å². The number of ether oxygens (including phenoxy) is 1. The molecule has 3 aromatic carbocycles. The number of hydrogen-bond donors (Lipinski definition) is 0. The fraction of sp³-hybridized carbons (Fsp3) is 0.231. The van der Waals surface area contributed by atoms with Crippen molar-refractivity contribution in [2.75, 3.05) is 11.4 Å². The van der Waals surface area contributed by atoms with Crippen LogP contribution in [0.5, 0.6) is 5.75 Å². The minimum atomic E-state index is -0.452. The molecule has 1 aliphatic rings. The predicted octanol–water partition coefficient (Wildman–Crippen LogP) is 4.80. The van der Waals surface area contributed by atoms with Gasteiger partial charge in [0.1, 0.15) is 5.75 Å². The number of nitrogens with zero attached hydrogens (tertiary/aromatic N) is 1. The van der Waals surface area contributed by atoms with Gasteiger partial charge in [0.05, 0.1) is 5.92 Å². The molecule has 1 aliphatic heterocycles. The number of carbonyl (C=O) groups is 2. The van der Waals surface area contributed by atoms with Crippen LogP contribution in [0.2, 0.25) is 0 Å². The summed E-state index contributed by atoms with van der Waals surface area (Å²) in [5.41, 5.74) is 4.39. The minimum Gasteiger partial charge on any atom is -0.426 e. The average molecular weight is 399 g/mol. The summed E-state index contributed by atoms with van der Waals surface area (Å²) >= 11 is 0. The summed E-state index contributed by atoms with van der Waals surface area (Å²) in [6, 6.07) is 25.7. The molecule has 152 valence electrons. The normalized spacial score (nSPS) is 16.0. The highest BCUT2D eigenvalue weighted by molar-refractivity contribution is 6.00. The molecule has 0 saturated carbocycles. The summed E-state index contributed by atoms with van der Waals surface area (Å²) in [6.07, 6.45) is 1.85. The van der Waals surface area contributed by atoms with Crippen molar-refractivity contribution >= 4 is 17.6 Å². The lowest BCUT2D eigenvalue weighted by molar-refractivity contribution is -0.139. The lowest BCUT2D eigenvalue weighted by Gasteiger charge is -2.19. The molecule has 1 fully saturated rings. The molecule has 3 aromatic rings. The molecule has 1 heterocycles. The molecular formula is C26H25NO3. The van der Waals surface area contributed by atoms with E-state index in [1.807, 2.05) is 66.7 Å². The van der Waals surface area contributed by atoms with Gasteiger partial charge in [0.25, 0.3) is 0 Å². The Morgan fingerprint density at radius 3 is 2.33 bits per heavy atom. The first-order valence-corrected chi connectivity index (χ1v) is 10.4. The van der Waals surface area contributed by atoms with Crippen molar-refractivity contribution in [1.82, 2.24) is 0 Å². The van der Waals surface area contributed by atoms with E-state index in [1.165, 1.54) is 5.56 Å². The molecular weight excluding hydrogens is 374 g/mol. The van der Waals surface area contributed by atoms with Gasteiger partial charge in [-0.25, -0.2) is 0 Å². The number of para-hydroxylation sites is 1. The Balaban J connectivity index is 1.39. The second-order valence-electron chi connectivity index (χ2n) is 7.62. The van der Waals surface area contributed by atoms with Gasteiger partial charge in [-0.15, -0.1) is 0 Å². The third-order valence-electron chi connectivity index (χ3n) is 5.51. The van der Waals surface area contributed by atoms with E-state index in [4.69, 9.17) is 4.74 Å². The van der Waals surface area contributed by atoms with E-state index in [9.17, 15) is 9.59 Å². The Morgan fingerprint density at radius 1 is 0.933 bits per heavy atom. The predicted molar refractivity (Wildman–Crippen MR) is 118 cm³/mol. The van der Waals surface area contributed by atoms with Gasteiger partial charge in [0.15, 0.2) is 0 Å². The van der Waals surface area contributed by atoms with Crippen molar-refractivity contribution in [2.24, 2.45) is 5.92 Å². The van der Waals surface area contributed by atoms with Crippen molar-refractivity contribution in [3.8, 4) is 5.75 Å². The van der Waals surface area contributed by atoms with Crippen LogP contribution in [0.3, 0.4) is 0 Å². The maximum absolute atomic E-state index is 12.7. The largest absolute Gasteiger partial charge is 0.426 e. The molecule has 4 rings (SSSR count). The Hall–Kier alpha value is -3.40. The SMILES string of the molecule is CCc1ccccc1N1C[C@@H](C(=O)Oc2ccc(Cc3ccccc3)cc2)CC1=O. The third-order valence-corrected chi connectivity index (χ3v) is 5.51. The summed E-state index contributed by atoms with van der Waals surface area (Å²) in [5.74, 6) is -0.324. The van der Waals surface area contributed by atoms with E-state index in [0.717, 1.165) is 29.7 Å². The number of hydrogen-bond acceptors (Lipinski definition) is 3. The van der Waals surface area contributed by atoms with Crippen LogP contribution >= 0.6 is 0 Å². The van der Waals surface area contributed by atoms with Crippen molar-refractivity contribution in [2.45, 2.75) is 26.2 Å². The molecule has 4 nitrogen and oxygen atoms in total. The van der Waals surface area contributed by atoms with Gasteiger partial charge in [-0.2, -0.15) is 0 Å². The first-order chi connectivity index (χ1) is 14.6. The van der Waals surface area contributed by atoms with Gasteiger partial charge in [-0.05, 0) is 47.7 Å². The van der Waals surface area contributed by atoms with Crippen LogP contribution in [-0.2, 0) is 22.4 Å². The standard InChI is InChI=1S/C26H25NO3/c1-2-21-10-6-7-11-24(21)27-18-22(17-25(27)28)26(29)30-23-14-12-20(13-15-23)16-19-8-4-3-5-9-19/h3-15,22H,2,16-18H2,1H3/t22-/m0/s1. The number of rotatable bonds is 6. The van der Waals surface area contributed by atoms with Crippen molar-refractivity contribution in [3.05, 3.63) is 95.6 Å². The van der Waals surface area contributed by atoms with E-state index in [0.29, 0.717) is 12.3 Å². The zero-order valence-electron chi connectivity index (χ0n) is 17.1. The van der Waals surface area contributed by atoms with Crippen molar-refractivity contribution < 1.29 is 14.3 Å². The van der Waals surface area contributed by atoms with Crippen LogP contribution in [0.15, 0.2) is 78.9 Å². The second kappa shape index (κ2) is 8.95. The number of carbonyl (C=O) groups excluding carboxylic acids is 2. The highest BCUT2D eigenvalue weighted by Crippen LogP contribution is 2.29. The van der Waals surface area contributed by atoms with Gasteiger partial charge in [-0.1, -0.05) is 67.6 Å². The summed E-state index contributed by atoms with van der Waals surface area (Å²) in [6.45, 7) is 2.42. The summed E-state index contributed by atoms with van der Waals surface area (Å²) < 4.78 is 5.57. The van der Waals surface area contributed by atoms with Crippen LogP contribution in [0.1, 0.15) is 30.0 Å². The van der Waals surface area contributed by atoms with Gasteiger partial charge in [0, 0.05) is 18.7 Å². The number of aryl methyl sites for hydroxylation is 1. The molecule has 30 heavy (non-hydrogen) atoms. The number of esters is 1. The molecule has 0 aliphatic carbocycles. The number of amides is 1. The summed E-state index contributed by atoms with van der Waals surface area (Å²) in [4.78, 5) is 26.9. The van der Waals surface area contributed by atoms with Crippen LogP contribution in [0, 0.1) is 5.92 Å². The molecule has 4 heteroatoms. The zero-order chi connectivity index (χ0) is 20.9. The van der Waals surface area contributed by atoms with E-state index < -0.39 is 5.92 Å². The maximum Gasteiger partial charge on any atom is 0.316 e. The highest BCUT2D eigenvalue weighted by Gasteiger charge is 2.37. The van der Waals surface area contributed by atoms with Crippen LogP contribution in [0.25, 0.3) is 0 Å². The van der Waals surface area contributed by atoms with Crippen LogP contribution in [-0.4, -0.2) is 18.4 Å². The van der Waals surface area contributed by atoms with Gasteiger partial charge >= 0.3 is 5.97 Å². The molecule has 0 unspecified atom stereocenters. The van der Waals surface area contributed by atoms with E-state index in [1.54, 1.807) is 4.90 Å². The first-order valence-electron chi connectivity index (χ1n) is 10.4.